The average Bonchev–Trinajstić information content (AvgIpc) is 2.55. The van der Waals surface area contributed by atoms with Crippen molar-refractivity contribution in [1.29, 1.82) is 0 Å². The van der Waals surface area contributed by atoms with Crippen molar-refractivity contribution in [3.63, 3.8) is 0 Å². The quantitative estimate of drug-likeness (QED) is 0.625. The van der Waals surface area contributed by atoms with E-state index in [1.807, 2.05) is 6.07 Å². The van der Waals surface area contributed by atoms with Gasteiger partial charge < -0.3 is 19.5 Å². The van der Waals surface area contributed by atoms with Gasteiger partial charge in [0, 0.05) is 18.7 Å². The Labute approximate surface area is 124 Å². The summed E-state index contributed by atoms with van der Waals surface area (Å²) < 4.78 is 15.9. The normalized spacial score (nSPS) is 14.3. The molecule has 0 unspecified atom stereocenters. The van der Waals surface area contributed by atoms with Crippen molar-refractivity contribution in [2.75, 3.05) is 34.4 Å². The molecule has 0 aromatic heterocycles. The molecule has 0 saturated heterocycles. The molecule has 1 heterocycles. The SMILES string of the molecule is COc1ccc(/C=N/NC2=NCCCN2)c(OC)c1OC. The summed E-state index contributed by atoms with van der Waals surface area (Å²) >= 11 is 0. The Morgan fingerprint density at radius 2 is 2.00 bits per heavy atom. The number of hydrogen-bond donors (Lipinski definition) is 2. The average molecular weight is 292 g/mol. The molecule has 0 saturated carbocycles. The first-order chi connectivity index (χ1) is 10.3. The Kier molecular flexibility index (Phi) is 5.25. The molecule has 1 aromatic rings. The van der Waals surface area contributed by atoms with Gasteiger partial charge in [-0.05, 0) is 18.6 Å². The number of hydrogen-bond acceptors (Lipinski definition) is 7. The number of benzene rings is 1. The van der Waals surface area contributed by atoms with Crippen LogP contribution in [0.15, 0.2) is 22.2 Å². The lowest BCUT2D eigenvalue weighted by molar-refractivity contribution is 0.324. The smallest absolute Gasteiger partial charge is 0.212 e. The molecule has 0 spiro atoms. The van der Waals surface area contributed by atoms with Crippen LogP contribution in [0.1, 0.15) is 12.0 Å². The summed E-state index contributed by atoms with van der Waals surface area (Å²) in [7, 11) is 4.73. The zero-order valence-electron chi connectivity index (χ0n) is 12.5. The van der Waals surface area contributed by atoms with Crippen molar-refractivity contribution in [3.05, 3.63) is 17.7 Å². The first kappa shape index (κ1) is 15.0. The number of nitrogens with one attached hydrogen (secondary N) is 2. The van der Waals surface area contributed by atoms with Gasteiger partial charge in [0.15, 0.2) is 11.5 Å². The van der Waals surface area contributed by atoms with Crippen LogP contribution >= 0.6 is 0 Å². The Hall–Kier alpha value is -2.44. The van der Waals surface area contributed by atoms with Crippen molar-refractivity contribution in [2.45, 2.75) is 6.42 Å². The zero-order valence-corrected chi connectivity index (χ0v) is 12.5. The van der Waals surface area contributed by atoms with Crippen molar-refractivity contribution in [3.8, 4) is 17.2 Å². The third kappa shape index (κ3) is 3.56. The third-order valence-corrected chi connectivity index (χ3v) is 3.01. The second kappa shape index (κ2) is 7.37. The Balaban J connectivity index is 2.17. The maximum absolute atomic E-state index is 5.38. The molecule has 0 amide bonds. The van der Waals surface area contributed by atoms with Gasteiger partial charge in [-0.2, -0.15) is 5.10 Å². The summed E-state index contributed by atoms with van der Waals surface area (Å²) in [5.74, 6) is 2.40. The van der Waals surface area contributed by atoms with Crippen molar-refractivity contribution < 1.29 is 14.2 Å². The van der Waals surface area contributed by atoms with Gasteiger partial charge in [0.05, 0.1) is 27.5 Å². The molecule has 0 atom stereocenters. The van der Waals surface area contributed by atoms with E-state index in [0.29, 0.717) is 23.2 Å². The summed E-state index contributed by atoms with van der Waals surface area (Å²) in [6.45, 7) is 1.71. The summed E-state index contributed by atoms with van der Waals surface area (Å²) in [5, 5.41) is 7.28. The van der Waals surface area contributed by atoms with E-state index in [1.54, 1.807) is 33.6 Å². The van der Waals surface area contributed by atoms with Crippen LogP contribution in [0.4, 0.5) is 0 Å². The summed E-state index contributed by atoms with van der Waals surface area (Å²) in [6.07, 6.45) is 2.69. The maximum Gasteiger partial charge on any atom is 0.212 e. The lowest BCUT2D eigenvalue weighted by Crippen LogP contribution is -2.38. The molecule has 2 N–H and O–H groups in total. The molecule has 2 rings (SSSR count). The molecule has 0 aliphatic carbocycles. The van der Waals surface area contributed by atoms with Crippen LogP contribution in [-0.2, 0) is 0 Å². The Bertz CT molecular complexity index is 543. The first-order valence-electron chi connectivity index (χ1n) is 6.66. The minimum absolute atomic E-state index is 0.539. The summed E-state index contributed by atoms with van der Waals surface area (Å²) in [6, 6.07) is 3.65. The van der Waals surface area contributed by atoms with Crippen molar-refractivity contribution in [1.82, 2.24) is 10.7 Å². The molecule has 21 heavy (non-hydrogen) atoms. The third-order valence-electron chi connectivity index (χ3n) is 3.01. The van der Waals surface area contributed by atoms with Crippen LogP contribution in [0, 0.1) is 0 Å². The van der Waals surface area contributed by atoms with Crippen LogP contribution in [0.25, 0.3) is 0 Å². The fourth-order valence-corrected chi connectivity index (χ4v) is 2.00. The molecule has 7 nitrogen and oxygen atoms in total. The second-order valence-corrected chi connectivity index (χ2v) is 4.30. The predicted molar refractivity (Wildman–Crippen MR) is 81.7 cm³/mol. The van der Waals surface area contributed by atoms with E-state index in [-0.39, 0.29) is 0 Å². The van der Waals surface area contributed by atoms with E-state index in [9.17, 15) is 0 Å². The fourth-order valence-electron chi connectivity index (χ4n) is 2.00. The topological polar surface area (TPSA) is 76.5 Å². The van der Waals surface area contributed by atoms with Crippen LogP contribution in [0.2, 0.25) is 0 Å². The van der Waals surface area contributed by atoms with Gasteiger partial charge in [-0.1, -0.05) is 0 Å². The highest BCUT2D eigenvalue weighted by Crippen LogP contribution is 2.38. The molecule has 1 aliphatic heterocycles. The monoisotopic (exact) mass is 292 g/mol. The molecular formula is C14H20N4O3. The van der Waals surface area contributed by atoms with E-state index >= 15 is 0 Å². The van der Waals surface area contributed by atoms with E-state index in [1.165, 1.54) is 0 Å². The minimum atomic E-state index is 0.539. The number of aliphatic imine (C=N–C) groups is 1. The van der Waals surface area contributed by atoms with Crippen LogP contribution in [0.5, 0.6) is 17.2 Å². The standard InChI is InChI=1S/C14H20N4O3/c1-19-11-6-5-10(12(20-2)13(11)21-3)9-17-18-14-15-7-4-8-16-14/h5-6,9H,4,7-8H2,1-3H3,(H2,15,16,18)/b17-9+. The van der Waals surface area contributed by atoms with Crippen LogP contribution in [0.3, 0.4) is 0 Å². The number of rotatable bonds is 5. The van der Waals surface area contributed by atoms with Gasteiger partial charge in [-0.25, -0.2) is 5.43 Å². The van der Waals surface area contributed by atoms with E-state index in [2.05, 4.69) is 20.8 Å². The first-order valence-corrected chi connectivity index (χ1v) is 6.66. The number of guanidine groups is 1. The van der Waals surface area contributed by atoms with Crippen LogP contribution in [-0.4, -0.2) is 46.6 Å². The number of methoxy groups -OCH3 is 3. The maximum atomic E-state index is 5.38. The van der Waals surface area contributed by atoms with Crippen molar-refractivity contribution in [2.24, 2.45) is 10.1 Å². The van der Waals surface area contributed by atoms with Crippen LogP contribution < -0.4 is 25.0 Å². The largest absolute Gasteiger partial charge is 0.493 e. The van der Waals surface area contributed by atoms with E-state index in [4.69, 9.17) is 14.2 Å². The highest BCUT2D eigenvalue weighted by molar-refractivity contribution is 5.88. The molecule has 0 fully saturated rings. The van der Waals surface area contributed by atoms with Gasteiger partial charge in [-0.15, -0.1) is 0 Å². The second-order valence-electron chi connectivity index (χ2n) is 4.30. The highest BCUT2D eigenvalue weighted by atomic mass is 16.5. The van der Waals surface area contributed by atoms with Crippen molar-refractivity contribution >= 4 is 12.2 Å². The Morgan fingerprint density at radius 3 is 2.62 bits per heavy atom. The molecule has 114 valence electrons. The molecule has 7 heteroatoms. The molecule has 1 aliphatic rings. The van der Waals surface area contributed by atoms with Gasteiger partial charge in [0.2, 0.25) is 11.7 Å². The summed E-state index contributed by atoms with van der Waals surface area (Å²) in [4.78, 5) is 4.27. The Morgan fingerprint density at radius 1 is 1.19 bits per heavy atom. The number of hydrazone groups is 1. The number of ether oxygens (including phenoxy) is 3. The van der Waals surface area contributed by atoms with Gasteiger partial charge >= 0.3 is 0 Å². The highest BCUT2D eigenvalue weighted by Gasteiger charge is 2.14. The number of nitrogens with zero attached hydrogens (tertiary/aromatic N) is 2. The lowest BCUT2D eigenvalue weighted by atomic mass is 10.2. The van der Waals surface area contributed by atoms with Gasteiger partial charge in [0.1, 0.15) is 0 Å². The lowest BCUT2D eigenvalue weighted by Gasteiger charge is -2.14. The minimum Gasteiger partial charge on any atom is -0.493 e. The summed E-state index contributed by atoms with van der Waals surface area (Å²) in [5.41, 5.74) is 3.65. The van der Waals surface area contributed by atoms with E-state index < -0.39 is 0 Å². The van der Waals surface area contributed by atoms with E-state index in [0.717, 1.165) is 25.1 Å². The molecule has 1 aromatic carbocycles. The van der Waals surface area contributed by atoms with Gasteiger partial charge in [-0.3, -0.25) is 4.99 Å². The zero-order chi connectivity index (χ0) is 15.1. The molecule has 0 bridgehead atoms. The van der Waals surface area contributed by atoms with Gasteiger partial charge in [0.25, 0.3) is 0 Å². The predicted octanol–water partition coefficient (Wildman–Crippen LogP) is 0.985. The molecular weight excluding hydrogens is 272 g/mol. The fraction of sp³-hybridized carbons (Fsp3) is 0.429. The molecule has 0 radical (unpaired) electrons.